The molecule has 2 aromatic carbocycles. The van der Waals surface area contributed by atoms with Crippen molar-refractivity contribution >= 4 is 44.6 Å². The Morgan fingerprint density at radius 2 is 1.00 bits per heavy atom. The largest absolute Gasteiger partial charge is 0.0834 e. The summed E-state index contributed by atoms with van der Waals surface area (Å²) in [5.74, 6) is 0. The van der Waals surface area contributed by atoms with E-state index in [1.165, 1.54) is 11.8 Å². The van der Waals surface area contributed by atoms with E-state index in [0.29, 0.717) is 0 Å². The van der Waals surface area contributed by atoms with Crippen molar-refractivity contribution in [1.29, 1.82) is 0 Å². The van der Waals surface area contributed by atoms with E-state index in [0.717, 1.165) is 19.5 Å². The molecule has 0 fully saturated rings. The van der Waals surface area contributed by atoms with Gasteiger partial charge in [0.15, 0.2) is 0 Å². The molecule has 0 aliphatic carbocycles. The second-order valence-corrected chi connectivity index (χ2v) is 5.76. The molecule has 17 heavy (non-hydrogen) atoms. The third-order valence-corrected chi connectivity index (χ3v) is 4.02. The van der Waals surface area contributed by atoms with Gasteiger partial charge in [-0.1, -0.05) is 96.9 Å². The van der Waals surface area contributed by atoms with Crippen LogP contribution >= 0.6 is 36.2 Å². The topological polar surface area (TPSA) is 0 Å². The highest BCUT2D eigenvalue weighted by Crippen LogP contribution is 2.20. The van der Waals surface area contributed by atoms with Crippen molar-refractivity contribution in [3.63, 3.8) is 0 Å². The van der Waals surface area contributed by atoms with Gasteiger partial charge in [-0.25, -0.2) is 0 Å². The maximum absolute atomic E-state index is 5.37. The average molecular weight is 274 g/mol. The van der Waals surface area contributed by atoms with Crippen LogP contribution in [-0.2, 0) is 0 Å². The molecule has 0 bridgehead atoms. The molecule has 3 heteroatoms. The van der Waals surface area contributed by atoms with Gasteiger partial charge in [-0.15, -0.1) is 0 Å². The van der Waals surface area contributed by atoms with Gasteiger partial charge in [-0.2, -0.15) is 0 Å². The molecule has 0 nitrogen and oxygen atoms in total. The van der Waals surface area contributed by atoms with Crippen LogP contribution in [0, 0.1) is 0 Å². The van der Waals surface area contributed by atoms with Gasteiger partial charge in [0, 0.05) is 0 Å². The Bertz CT molecular complexity index is 468. The summed E-state index contributed by atoms with van der Waals surface area (Å²) in [5.41, 5.74) is 2.09. The van der Waals surface area contributed by atoms with Crippen molar-refractivity contribution in [2.45, 2.75) is 0 Å². The third kappa shape index (κ3) is 3.46. The SMILES string of the molecule is S=C(SC(=S)c1ccccc1)c1ccccc1. The van der Waals surface area contributed by atoms with Crippen LogP contribution in [0.1, 0.15) is 11.1 Å². The van der Waals surface area contributed by atoms with E-state index in [-0.39, 0.29) is 0 Å². The van der Waals surface area contributed by atoms with Gasteiger partial charge in [-0.05, 0) is 11.1 Å². The van der Waals surface area contributed by atoms with Crippen LogP contribution in [0.25, 0.3) is 0 Å². The van der Waals surface area contributed by atoms with Crippen LogP contribution in [-0.4, -0.2) is 8.39 Å². The summed E-state index contributed by atoms with van der Waals surface area (Å²) in [6.07, 6.45) is 0. The molecule has 0 N–H and O–H groups in total. The van der Waals surface area contributed by atoms with Gasteiger partial charge in [-0.3, -0.25) is 0 Å². The molecule has 0 aliphatic heterocycles. The average Bonchev–Trinajstić information content (AvgIpc) is 2.40. The Kier molecular flexibility index (Phi) is 4.42. The molecule has 0 aliphatic rings. The molecule has 2 aromatic rings. The second-order valence-electron chi connectivity index (χ2n) is 3.41. The van der Waals surface area contributed by atoms with Crippen molar-refractivity contribution in [2.75, 3.05) is 0 Å². The van der Waals surface area contributed by atoms with Crippen molar-refractivity contribution in [3.8, 4) is 0 Å². The van der Waals surface area contributed by atoms with E-state index in [1.54, 1.807) is 0 Å². The lowest BCUT2D eigenvalue weighted by Gasteiger charge is -2.05. The Hall–Kier alpha value is -1.03. The first-order valence-corrected chi connectivity index (χ1v) is 6.77. The quantitative estimate of drug-likeness (QED) is 0.742. The zero-order valence-electron chi connectivity index (χ0n) is 9.00. The van der Waals surface area contributed by atoms with Gasteiger partial charge in [0.2, 0.25) is 0 Å². The van der Waals surface area contributed by atoms with Gasteiger partial charge in [0.05, 0.1) is 8.39 Å². The molecule has 0 atom stereocenters. The van der Waals surface area contributed by atoms with Crippen LogP contribution in [0.4, 0.5) is 0 Å². The monoisotopic (exact) mass is 274 g/mol. The molecule has 84 valence electrons. The normalized spacial score (nSPS) is 9.88. The van der Waals surface area contributed by atoms with Gasteiger partial charge in [0.25, 0.3) is 0 Å². The highest BCUT2D eigenvalue weighted by Gasteiger charge is 2.07. The van der Waals surface area contributed by atoms with E-state index in [4.69, 9.17) is 24.4 Å². The first kappa shape index (κ1) is 12.4. The van der Waals surface area contributed by atoms with E-state index in [9.17, 15) is 0 Å². The molecule has 0 saturated heterocycles. The molecule has 0 aromatic heterocycles. The number of thioether (sulfide) groups is 1. The fourth-order valence-electron chi connectivity index (χ4n) is 1.35. The number of hydrogen-bond acceptors (Lipinski definition) is 3. The lowest BCUT2D eigenvalue weighted by atomic mass is 10.2. The van der Waals surface area contributed by atoms with Crippen molar-refractivity contribution in [3.05, 3.63) is 71.8 Å². The molecule has 0 heterocycles. The van der Waals surface area contributed by atoms with Crippen molar-refractivity contribution < 1.29 is 0 Å². The molecule has 0 saturated carbocycles. The summed E-state index contributed by atoms with van der Waals surface area (Å²) in [5, 5.41) is 0. The Balaban J connectivity index is 2.08. The van der Waals surface area contributed by atoms with Crippen LogP contribution in [0.2, 0.25) is 0 Å². The second kappa shape index (κ2) is 6.05. The number of benzene rings is 2. The summed E-state index contributed by atoms with van der Waals surface area (Å²) in [4.78, 5) is 0. The van der Waals surface area contributed by atoms with E-state index >= 15 is 0 Å². The maximum atomic E-state index is 5.37. The zero-order chi connectivity index (χ0) is 12.1. The first-order chi connectivity index (χ1) is 8.27. The van der Waals surface area contributed by atoms with E-state index < -0.39 is 0 Å². The summed E-state index contributed by atoms with van der Waals surface area (Å²) in [6, 6.07) is 19.9. The van der Waals surface area contributed by atoms with Crippen LogP contribution in [0.5, 0.6) is 0 Å². The lowest BCUT2D eigenvalue weighted by Crippen LogP contribution is -1.98. The summed E-state index contributed by atoms with van der Waals surface area (Å²) in [7, 11) is 0. The highest BCUT2D eigenvalue weighted by atomic mass is 32.2. The predicted molar refractivity (Wildman–Crippen MR) is 83.9 cm³/mol. The smallest absolute Gasteiger partial charge is 0.0715 e. The highest BCUT2D eigenvalue weighted by molar-refractivity contribution is 8.38. The van der Waals surface area contributed by atoms with Gasteiger partial charge < -0.3 is 0 Å². The minimum atomic E-state index is 0.819. The predicted octanol–water partition coefficient (Wildman–Crippen LogP) is 4.47. The minimum absolute atomic E-state index is 0.819. The molecule has 0 amide bonds. The van der Waals surface area contributed by atoms with E-state index in [2.05, 4.69) is 0 Å². The number of hydrogen-bond donors (Lipinski definition) is 0. The van der Waals surface area contributed by atoms with Crippen molar-refractivity contribution in [2.24, 2.45) is 0 Å². The third-order valence-electron chi connectivity index (χ3n) is 2.20. The standard InChI is InChI=1S/C14H10S3/c15-13(11-7-3-1-4-8-11)17-14(16)12-9-5-2-6-10-12/h1-10H. The molecule has 0 spiro atoms. The summed E-state index contributed by atoms with van der Waals surface area (Å²) in [6.45, 7) is 0. The molecule has 2 rings (SSSR count). The van der Waals surface area contributed by atoms with Crippen LogP contribution < -0.4 is 0 Å². The minimum Gasteiger partial charge on any atom is -0.0715 e. The Labute approximate surface area is 116 Å². The molecular formula is C14H10S3. The van der Waals surface area contributed by atoms with Crippen LogP contribution in [0.15, 0.2) is 60.7 Å². The zero-order valence-corrected chi connectivity index (χ0v) is 11.4. The molecular weight excluding hydrogens is 264 g/mol. The maximum Gasteiger partial charge on any atom is 0.0834 e. The van der Waals surface area contributed by atoms with Gasteiger partial charge in [0.1, 0.15) is 0 Å². The first-order valence-electron chi connectivity index (χ1n) is 5.14. The molecule has 0 unspecified atom stereocenters. The lowest BCUT2D eigenvalue weighted by molar-refractivity contribution is 1.68. The fourth-order valence-corrected chi connectivity index (χ4v) is 2.96. The number of thiocarbonyl (C=S) groups is 2. The van der Waals surface area contributed by atoms with E-state index in [1.807, 2.05) is 60.7 Å². The Morgan fingerprint density at radius 1 is 0.647 bits per heavy atom. The summed E-state index contributed by atoms with van der Waals surface area (Å²) >= 11 is 12.2. The summed E-state index contributed by atoms with van der Waals surface area (Å²) < 4.78 is 1.64. The number of rotatable bonds is 2. The van der Waals surface area contributed by atoms with Crippen molar-refractivity contribution in [1.82, 2.24) is 0 Å². The van der Waals surface area contributed by atoms with Gasteiger partial charge >= 0.3 is 0 Å². The van der Waals surface area contributed by atoms with Crippen LogP contribution in [0.3, 0.4) is 0 Å². The molecule has 0 radical (unpaired) electrons. The fraction of sp³-hybridized carbons (Fsp3) is 0. The Morgan fingerprint density at radius 3 is 1.35 bits per heavy atom.